The number of likely N-dealkylation sites (N-methyl/N-ethyl adjacent to an activating group) is 1. The Balaban J connectivity index is 2.03. The number of carbonyl (C=O) groups excluding carboxylic acids is 1. The maximum atomic E-state index is 12.0. The van der Waals surface area contributed by atoms with E-state index in [1.54, 1.807) is 0 Å². The molecule has 2 rings (SSSR count). The summed E-state index contributed by atoms with van der Waals surface area (Å²) in [5, 5.41) is 3.28. The zero-order chi connectivity index (χ0) is 15.2. The molecule has 1 saturated heterocycles. The summed E-state index contributed by atoms with van der Waals surface area (Å²) >= 11 is 0. The van der Waals surface area contributed by atoms with Crippen LogP contribution in [0.4, 0.5) is 0 Å². The van der Waals surface area contributed by atoms with E-state index in [9.17, 15) is 4.79 Å². The second-order valence-electron chi connectivity index (χ2n) is 5.59. The van der Waals surface area contributed by atoms with Crippen molar-refractivity contribution in [1.82, 2.24) is 15.1 Å². The number of benzene rings is 1. The Morgan fingerprint density at radius 2 is 2.05 bits per heavy atom. The lowest BCUT2D eigenvalue weighted by atomic mass is 10.1. The Morgan fingerprint density at radius 3 is 2.67 bits per heavy atom. The molecule has 0 bridgehead atoms. The predicted molar refractivity (Wildman–Crippen MR) is 83.2 cm³/mol. The number of nitrogens with one attached hydrogen (secondary N) is 1. The van der Waals surface area contributed by atoms with Gasteiger partial charge in [0.05, 0.1) is 13.2 Å². The minimum Gasteiger partial charge on any atom is -0.494 e. The van der Waals surface area contributed by atoms with Crippen LogP contribution in [0.1, 0.15) is 25.1 Å². The highest BCUT2D eigenvalue weighted by molar-refractivity contribution is 5.81. The predicted octanol–water partition coefficient (Wildman–Crippen LogP) is 1.47. The third-order valence-corrected chi connectivity index (χ3v) is 3.54. The van der Waals surface area contributed by atoms with Crippen LogP contribution in [0.3, 0.4) is 0 Å². The van der Waals surface area contributed by atoms with E-state index in [1.807, 2.05) is 43.3 Å². The quantitative estimate of drug-likeness (QED) is 0.826. The molecular weight excluding hydrogens is 266 g/mol. The van der Waals surface area contributed by atoms with E-state index < -0.39 is 0 Å². The third-order valence-electron chi connectivity index (χ3n) is 3.54. The fourth-order valence-electron chi connectivity index (χ4n) is 2.37. The van der Waals surface area contributed by atoms with Crippen molar-refractivity contribution in [3.8, 4) is 5.75 Å². The first-order valence-electron chi connectivity index (χ1n) is 7.52. The molecule has 1 fully saturated rings. The molecule has 5 heteroatoms. The lowest BCUT2D eigenvalue weighted by Gasteiger charge is -2.26. The van der Waals surface area contributed by atoms with Crippen LogP contribution in [0.5, 0.6) is 5.75 Å². The number of nitrogens with zero attached hydrogens (tertiary/aromatic N) is 2. The van der Waals surface area contributed by atoms with Crippen LogP contribution in [-0.2, 0) is 4.79 Å². The van der Waals surface area contributed by atoms with Crippen molar-refractivity contribution in [2.75, 3.05) is 40.3 Å². The number of hydrogen-bond donors (Lipinski definition) is 1. The Morgan fingerprint density at radius 1 is 1.33 bits per heavy atom. The summed E-state index contributed by atoms with van der Waals surface area (Å²) in [7, 11) is 4.03. The summed E-state index contributed by atoms with van der Waals surface area (Å²) in [6.07, 6.45) is 0.969. The molecule has 0 aromatic heterocycles. The molecule has 1 aromatic carbocycles. The van der Waals surface area contributed by atoms with Gasteiger partial charge in [-0.15, -0.1) is 0 Å². The van der Waals surface area contributed by atoms with Crippen LogP contribution in [0.15, 0.2) is 24.3 Å². The Labute approximate surface area is 126 Å². The van der Waals surface area contributed by atoms with Gasteiger partial charge in [0.1, 0.15) is 11.9 Å². The van der Waals surface area contributed by atoms with E-state index in [0.29, 0.717) is 6.54 Å². The van der Waals surface area contributed by atoms with Crippen LogP contribution in [0.25, 0.3) is 0 Å². The first-order valence-corrected chi connectivity index (χ1v) is 7.52. The SMILES string of the molecule is CCCOc1ccc(C2NCC(=O)N2CCN(C)C)cc1. The molecule has 1 aliphatic heterocycles. The van der Waals surface area contributed by atoms with E-state index in [2.05, 4.69) is 17.1 Å². The average Bonchev–Trinajstić information content (AvgIpc) is 2.84. The van der Waals surface area contributed by atoms with Crippen molar-refractivity contribution >= 4 is 5.91 Å². The Hall–Kier alpha value is -1.59. The second kappa shape index (κ2) is 7.43. The van der Waals surface area contributed by atoms with Crippen LogP contribution in [-0.4, -0.2) is 56.0 Å². The van der Waals surface area contributed by atoms with E-state index in [1.165, 1.54) is 0 Å². The third kappa shape index (κ3) is 4.19. The standard InChI is InChI=1S/C16H25N3O2/c1-4-11-21-14-7-5-13(6-8-14)16-17-12-15(20)19(16)10-9-18(2)3/h5-8,16-17H,4,9-12H2,1-3H3. The van der Waals surface area contributed by atoms with Crippen molar-refractivity contribution in [2.24, 2.45) is 0 Å². The van der Waals surface area contributed by atoms with Gasteiger partial charge in [-0.3, -0.25) is 10.1 Å². The molecule has 0 aliphatic carbocycles. The molecule has 0 spiro atoms. The fraction of sp³-hybridized carbons (Fsp3) is 0.562. The van der Waals surface area contributed by atoms with Gasteiger partial charge < -0.3 is 14.5 Å². The maximum absolute atomic E-state index is 12.0. The monoisotopic (exact) mass is 291 g/mol. The second-order valence-corrected chi connectivity index (χ2v) is 5.59. The molecule has 1 aliphatic rings. The highest BCUT2D eigenvalue weighted by Crippen LogP contribution is 2.24. The van der Waals surface area contributed by atoms with E-state index >= 15 is 0 Å². The lowest BCUT2D eigenvalue weighted by Crippen LogP contribution is -2.36. The summed E-state index contributed by atoms with van der Waals surface area (Å²) in [4.78, 5) is 16.0. The summed E-state index contributed by atoms with van der Waals surface area (Å²) in [6, 6.07) is 8.01. The normalized spacial score (nSPS) is 18.6. The molecule has 1 N–H and O–H groups in total. The van der Waals surface area contributed by atoms with E-state index in [0.717, 1.165) is 37.4 Å². The van der Waals surface area contributed by atoms with Gasteiger partial charge in [0, 0.05) is 13.1 Å². The molecule has 1 heterocycles. The van der Waals surface area contributed by atoms with E-state index in [4.69, 9.17) is 4.74 Å². The molecule has 116 valence electrons. The van der Waals surface area contributed by atoms with Crippen LogP contribution in [0, 0.1) is 0 Å². The van der Waals surface area contributed by atoms with Crippen molar-refractivity contribution in [2.45, 2.75) is 19.5 Å². The first kappa shape index (κ1) is 15.8. The summed E-state index contributed by atoms with van der Waals surface area (Å²) in [6.45, 7) is 4.82. The smallest absolute Gasteiger partial charge is 0.238 e. The highest BCUT2D eigenvalue weighted by atomic mass is 16.5. The zero-order valence-electron chi connectivity index (χ0n) is 13.1. The topological polar surface area (TPSA) is 44.8 Å². The lowest BCUT2D eigenvalue weighted by molar-refractivity contribution is -0.128. The zero-order valence-corrected chi connectivity index (χ0v) is 13.1. The van der Waals surface area contributed by atoms with Crippen molar-refractivity contribution in [3.05, 3.63) is 29.8 Å². The summed E-state index contributed by atoms with van der Waals surface area (Å²) in [5.41, 5.74) is 1.10. The largest absolute Gasteiger partial charge is 0.494 e. The molecule has 5 nitrogen and oxygen atoms in total. The van der Waals surface area contributed by atoms with Gasteiger partial charge in [-0.2, -0.15) is 0 Å². The molecule has 21 heavy (non-hydrogen) atoms. The van der Waals surface area contributed by atoms with Crippen LogP contribution in [0.2, 0.25) is 0 Å². The van der Waals surface area contributed by atoms with Crippen LogP contribution >= 0.6 is 0 Å². The molecule has 1 unspecified atom stereocenters. The number of ether oxygens (including phenoxy) is 1. The van der Waals surface area contributed by atoms with Gasteiger partial charge in [-0.1, -0.05) is 19.1 Å². The number of rotatable bonds is 7. The molecular formula is C16H25N3O2. The van der Waals surface area contributed by atoms with Crippen molar-refractivity contribution < 1.29 is 9.53 Å². The number of hydrogen-bond acceptors (Lipinski definition) is 4. The van der Waals surface area contributed by atoms with Crippen molar-refractivity contribution in [1.29, 1.82) is 0 Å². The molecule has 0 saturated carbocycles. The molecule has 1 amide bonds. The fourth-order valence-corrected chi connectivity index (χ4v) is 2.37. The van der Waals surface area contributed by atoms with Gasteiger partial charge >= 0.3 is 0 Å². The van der Waals surface area contributed by atoms with Gasteiger partial charge in [-0.05, 0) is 38.2 Å². The maximum Gasteiger partial charge on any atom is 0.238 e. The van der Waals surface area contributed by atoms with Crippen LogP contribution < -0.4 is 10.1 Å². The van der Waals surface area contributed by atoms with Gasteiger partial charge in [-0.25, -0.2) is 0 Å². The number of carbonyl (C=O) groups is 1. The summed E-state index contributed by atoms with van der Waals surface area (Å²) < 4.78 is 5.59. The number of amides is 1. The average molecular weight is 291 g/mol. The first-order chi connectivity index (χ1) is 10.1. The Bertz CT molecular complexity index is 459. The van der Waals surface area contributed by atoms with Crippen molar-refractivity contribution in [3.63, 3.8) is 0 Å². The minimum absolute atomic E-state index is 0.0299. The molecule has 0 radical (unpaired) electrons. The highest BCUT2D eigenvalue weighted by Gasteiger charge is 2.31. The Kier molecular flexibility index (Phi) is 5.59. The molecule has 1 aromatic rings. The van der Waals surface area contributed by atoms with Gasteiger partial charge in [0.2, 0.25) is 5.91 Å². The minimum atomic E-state index is -0.0299. The van der Waals surface area contributed by atoms with Gasteiger partial charge in [0.25, 0.3) is 0 Å². The molecule has 1 atom stereocenters. The summed E-state index contributed by atoms with van der Waals surface area (Å²) in [5.74, 6) is 1.04. The van der Waals surface area contributed by atoms with E-state index in [-0.39, 0.29) is 12.1 Å². The van der Waals surface area contributed by atoms with Gasteiger partial charge in [0.15, 0.2) is 0 Å².